The molecule has 0 saturated heterocycles. The summed E-state index contributed by atoms with van der Waals surface area (Å²) in [4.78, 5) is 0. The molecule has 64 valence electrons. The van der Waals surface area contributed by atoms with Crippen LogP contribution in [-0.4, -0.2) is 6.21 Å². The fraction of sp³-hybridized carbons (Fsp3) is 0. The van der Waals surface area contributed by atoms with Gasteiger partial charge in [0.15, 0.2) is 11.9 Å². The Balaban J connectivity index is 2.94. The smallest absolute Gasteiger partial charge is 0.167 e. The van der Waals surface area contributed by atoms with Gasteiger partial charge in [0.2, 0.25) is 0 Å². The second-order valence-corrected chi connectivity index (χ2v) is 3.40. The van der Waals surface area contributed by atoms with Crippen LogP contribution in [0.5, 0.6) is 0 Å². The Kier molecular flexibility index (Phi) is 3.85. The second kappa shape index (κ2) is 4.70. The van der Waals surface area contributed by atoms with Crippen molar-refractivity contribution in [1.82, 2.24) is 0 Å². The summed E-state index contributed by atoms with van der Waals surface area (Å²) >= 11 is 13.9. The summed E-state index contributed by atoms with van der Waals surface area (Å²) in [7, 11) is 0. The minimum Gasteiger partial charge on any atom is -0.277 e. The molecule has 12 heavy (non-hydrogen) atoms. The van der Waals surface area contributed by atoms with E-state index >= 15 is 0 Å². The van der Waals surface area contributed by atoms with Crippen molar-refractivity contribution in [3.63, 3.8) is 0 Å². The minimum absolute atomic E-state index is 0.658. The molecule has 0 bridgehead atoms. The van der Waals surface area contributed by atoms with E-state index in [0.717, 1.165) is 10.0 Å². The van der Waals surface area contributed by atoms with Crippen LogP contribution in [0.1, 0.15) is 5.56 Å². The Hall–Kier alpha value is -0.250. The van der Waals surface area contributed by atoms with E-state index in [9.17, 15) is 0 Å². The lowest BCUT2D eigenvalue weighted by molar-refractivity contribution is 0.383. The maximum atomic E-state index is 5.72. The number of halogens is 3. The van der Waals surface area contributed by atoms with Crippen molar-refractivity contribution in [2.45, 2.75) is 0 Å². The molecule has 0 N–H and O–H groups in total. The first kappa shape index (κ1) is 9.84. The monoisotopic (exact) mass is 267 g/mol. The highest BCUT2D eigenvalue weighted by Crippen LogP contribution is 2.20. The quantitative estimate of drug-likeness (QED) is 0.593. The molecule has 2 nitrogen and oxygen atoms in total. The molecule has 1 rings (SSSR count). The molecule has 0 unspecified atom stereocenters. The third-order valence-corrected chi connectivity index (χ3v) is 2.20. The van der Waals surface area contributed by atoms with Crippen LogP contribution in [0.15, 0.2) is 27.8 Å². The highest BCUT2D eigenvalue weighted by Gasteiger charge is 1.96. The zero-order valence-corrected chi connectivity index (χ0v) is 8.90. The van der Waals surface area contributed by atoms with Gasteiger partial charge in [-0.15, -0.1) is 0 Å². The molecule has 1 aromatic rings. The number of oxime groups is 1. The van der Waals surface area contributed by atoms with Gasteiger partial charge in [0, 0.05) is 15.1 Å². The molecule has 0 aliphatic heterocycles. The Morgan fingerprint density at radius 1 is 1.50 bits per heavy atom. The molecule has 0 atom stereocenters. The number of benzene rings is 1. The van der Waals surface area contributed by atoms with Crippen LogP contribution in [0.4, 0.5) is 0 Å². The van der Waals surface area contributed by atoms with Crippen molar-refractivity contribution in [3.05, 3.63) is 33.3 Å². The SMILES string of the molecule is ClON=Cc1ccc(Cl)cc1Br. The third kappa shape index (κ3) is 2.66. The van der Waals surface area contributed by atoms with E-state index in [4.69, 9.17) is 23.5 Å². The fourth-order valence-corrected chi connectivity index (χ4v) is 1.51. The predicted molar refractivity (Wildman–Crippen MR) is 53.7 cm³/mol. The molecule has 0 spiro atoms. The summed E-state index contributed by atoms with van der Waals surface area (Å²) in [5, 5.41) is 4.06. The summed E-state index contributed by atoms with van der Waals surface area (Å²) in [6.45, 7) is 0. The highest BCUT2D eigenvalue weighted by atomic mass is 79.9. The van der Waals surface area contributed by atoms with E-state index in [2.05, 4.69) is 25.5 Å². The van der Waals surface area contributed by atoms with Gasteiger partial charge in [0.25, 0.3) is 0 Å². The number of hydrogen-bond donors (Lipinski definition) is 0. The molecule has 0 fully saturated rings. The fourth-order valence-electron chi connectivity index (χ4n) is 0.683. The maximum absolute atomic E-state index is 5.72. The van der Waals surface area contributed by atoms with E-state index in [1.54, 1.807) is 18.2 Å². The van der Waals surface area contributed by atoms with Crippen LogP contribution >= 0.6 is 39.4 Å². The predicted octanol–water partition coefficient (Wildman–Crippen LogP) is 3.61. The molecule has 0 aliphatic carbocycles. The Morgan fingerprint density at radius 2 is 2.25 bits per heavy atom. The molecule has 0 radical (unpaired) electrons. The van der Waals surface area contributed by atoms with Gasteiger partial charge in [-0.3, -0.25) is 4.39 Å². The van der Waals surface area contributed by atoms with Crippen LogP contribution < -0.4 is 0 Å². The normalized spacial score (nSPS) is 10.6. The van der Waals surface area contributed by atoms with Gasteiger partial charge in [-0.1, -0.05) is 38.8 Å². The second-order valence-electron chi connectivity index (χ2n) is 1.97. The highest BCUT2D eigenvalue weighted by molar-refractivity contribution is 9.10. The molecular formula is C7H4BrCl2NO. The van der Waals surface area contributed by atoms with Crippen molar-refractivity contribution in [3.8, 4) is 0 Å². The molecule has 1 aromatic carbocycles. The van der Waals surface area contributed by atoms with Gasteiger partial charge < -0.3 is 0 Å². The number of rotatable bonds is 2. The molecular weight excluding hydrogens is 265 g/mol. The number of hydrogen-bond acceptors (Lipinski definition) is 2. The standard InChI is InChI=1S/C7H4BrCl2NO/c8-7-3-6(9)2-1-5(7)4-11-12-10/h1-4H. The van der Waals surface area contributed by atoms with Crippen molar-refractivity contribution in [2.24, 2.45) is 5.16 Å². The minimum atomic E-state index is 0.658. The Labute approximate surface area is 88.4 Å². The zero-order valence-electron chi connectivity index (χ0n) is 5.80. The van der Waals surface area contributed by atoms with Gasteiger partial charge in [-0.25, -0.2) is 0 Å². The van der Waals surface area contributed by atoms with Crippen molar-refractivity contribution in [2.75, 3.05) is 0 Å². The summed E-state index contributed by atoms with van der Waals surface area (Å²) in [5.74, 6) is 0. The largest absolute Gasteiger partial charge is 0.277 e. The van der Waals surface area contributed by atoms with E-state index < -0.39 is 0 Å². The van der Waals surface area contributed by atoms with Crippen LogP contribution in [0, 0.1) is 0 Å². The van der Waals surface area contributed by atoms with Gasteiger partial charge in [-0.05, 0) is 12.1 Å². The Bertz CT molecular complexity index is 303. The third-order valence-electron chi connectivity index (χ3n) is 1.19. The van der Waals surface area contributed by atoms with Crippen molar-refractivity contribution in [1.29, 1.82) is 0 Å². The molecule has 0 amide bonds. The first-order valence-electron chi connectivity index (χ1n) is 3.00. The lowest BCUT2D eigenvalue weighted by atomic mass is 10.2. The van der Waals surface area contributed by atoms with E-state index in [-0.39, 0.29) is 0 Å². The molecule has 0 saturated carbocycles. The lowest BCUT2D eigenvalue weighted by Gasteiger charge is -1.96. The van der Waals surface area contributed by atoms with E-state index in [1.807, 2.05) is 0 Å². The summed E-state index contributed by atoms with van der Waals surface area (Å²) in [5.41, 5.74) is 0.847. The molecule has 5 heteroatoms. The average Bonchev–Trinajstić information content (AvgIpc) is 2.03. The zero-order chi connectivity index (χ0) is 8.97. The van der Waals surface area contributed by atoms with Gasteiger partial charge in [0.05, 0.1) is 6.21 Å². The summed E-state index contributed by atoms with van der Waals surface area (Å²) < 4.78 is 4.86. The van der Waals surface area contributed by atoms with Crippen LogP contribution in [-0.2, 0) is 4.39 Å². The molecule has 0 aromatic heterocycles. The van der Waals surface area contributed by atoms with E-state index in [0.29, 0.717) is 5.02 Å². The topological polar surface area (TPSA) is 21.6 Å². The van der Waals surface area contributed by atoms with Crippen molar-refractivity contribution < 1.29 is 4.39 Å². The maximum Gasteiger partial charge on any atom is 0.167 e. The summed E-state index contributed by atoms with van der Waals surface area (Å²) in [6.07, 6.45) is 1.48. The van der Waals surface area contributed by atoms with Crippen LogP contribution in [0.3, 0.4) is 0 Å². The average molecular weight is 269 g/mol. The molecule has 0 aliphatic rings. The number of nitrogens with zero attached hydrogens (tertiary/aromatic N) is 1. The first-order chi connectivity index (χ1) is 5.74. The van der Waals surface area contributed by atoms with Crippen molar-refractivity contribution >= 4 is 45.6 Å². The van der Waals surface area contributed by atoms with Gasteiger partial charge in [0.1, 0.15) is 0 Å². The van der Waals surface area contributed by atoms with Gasteiger partial charge >= 0.3 is 0 Å². The van der Waals surface area contributed by atoms with Crippen LogP contribution in [0.25, 0.3) is 0 Å². The van der Waals surface area contributed by atoms with Gasteiger partial charge in [-0.2, -0.15) is 0 Å². The molecule has 0 heterocycles. The Morgan fingerprint density at radius 3 is 2.83 bits per heavy atom. The van der Waals surface area contributed by atoms with Crippen LogP contribution in [0.2, 0.25) is 5.02 Å². The van der Waals surface area contributed by atoms with E-state index in [1.165, 1.54) is 6.21 Å². The first-order valence-corrected chi connectivity index (χ1v) is 4.48. The summed E-state index contributed by atoms with van der Waals surface area (Å²) in [6, 6.07) is 5.31. The lowest BCUT2D eigenvalue weighted by Crippen LogP contribution is -1.82.